The van der Waals surface area contributed by atoms with E-state index in [-0.39, 0.29) is 5.78 Å². The summed E-state index contributed by atoms with van der Waals surface area (Å²) in [6.45, 7) is 4.25. The maximum absolute atomic E-state index is 11.8. The van der Waals surface area contributed by atoms with Gasteiger partial charge in [0.05, 0.1) is 11.4 Å². The van der Waals surface area contributed by atoms with E-state index in [1.165, 1.54) is 0 Å². The van der Waals surface area contributed by atoms with Crippen LogP contribution in [0.5, 0.6) is 0 Å². The molecule has 0 unspecified atom stereocenters. The zero-order valence-electron chi connectivity index (χ0n) is 9.41. The molecule has 1 aromatic rings. The van der Waals surface area contributed by atoms with Gasteiger partial charge in [0.2, 0.25) is 0 Å². The molecule has 0 fully saturated rings. The number of aryl methyl sites for hydroxylation is 2. The van der Waals surface area contributed by atoms with Crippen LogP contribution in [0.15, 0.2) is 6.07 Å². The van der Waals surface area contributed by atoms with Gasteiger partial charge in [0, 0.05) is 25.7 Å². The van der Waals surface area contributed by atoms with Crippen LogP contribution in [0.4, 0.5) is 0 Å². The molecule has 4 nitrogen and oxygen atoms in total. The van der Waals surface area contributed by atoms with Crippen molar-refractivity contribution in [2.45, 2.75) is 26.7 Å². The van der Waals surface area contributed by atoms with Gasteiger partial charge in [-0.3, -0.25) is 4.79 Å². The van der Waals surface area contributed by atoms with Crippen molar-refractivity contribution in [2.24, 2.45) is 0 Å². The molecule has 1 heterocycles. The third-order valence-electron chi connectivity index (χ3n) is 2.15. The number of rotatable bonds is 5. The van der Waals surface area contributed by atoms with Gasteiger partial charge in [0.15, 0.2) is 5.78 Å². The highest BCUT2D eigenvalue weighted by Crippen LogP contribution is 2.09. The Morgan fingerprint density at radius 1 is 1.40 bits per heavy atom. The molecule has 0 N–H and O–H groups in total. The molecule has 15 heavy (non-hydrogen) atoms. The maximum Gasteiger partial charge on any atom is 0.164 e. The molecule has 0 aromatic carbocycles. The molecule has 0 bridgehead atoms. The number of hydrogen-bond donors (Lipinski definition) is 0. The number of methoxy groups -OCH3 is 1. The summed E-state index contributed by atoms with van der Waals surface area (Å²) in [4.78, 5) is 11.8. The van der Waals surface area contributed by atoms with Crippen LogP contribution in [0.3, 0.4) is 0 Å². The minimum atomic E-state index is 0.113. The van der Waals surface area contributed by atoms with Gasteiger partial charge >= 0.3 is 0 Å². The molecule has 1 aromatic heterocycles. The number of aromatic nitrogens is 2. The van der Waals surface area contributed by atoms with E-state index < -0.39 is 0 Å². The first-order valence-electron chi connectivity index (χ1n) is 4.98. The second-order valence-electron chi connectivity index (χ2n) is 3.50. The molecule has 0 saturated carbocycles. The molecule has 4 heteroatoms. The van der Waals surface area contributed by atoms with Gasteiger partial charge in [0.1, 0.15) is 0 Å². The Labute approximate surface area is 89.7 Å². The maximum atomic E-state index is 11.8. The van der Waals surface area contributed by atoms with Crippen molar-refractivity contribution in [2.75, 3.05) is 13.7 Å². The molecule has 0 aliphatic heterocycles. The standard InChI is InChI=1S/C11H16N2O2/c1-8-7-10(9(2)13-12-8)11(14)5-4-6-15-3/h7H,4-6H2,1-3H3. The third-order valence-corrected chi connectivity index (χ3v) is 2.15. The number of hydrogen-bond acceptors (Lipinski definition) is 4. The molecular weight excluding hydrogens is 192 g/mol. The molecule has 0 aliphatic carbocycles. The second-order valence-corrected chi connectivity index (χ2v) is 3.50. The number of ether oxygens (including phenoxy) is 1. The first kappa shape index (κ1) is 11.8. The van der Waals surface area contributed by atoms with Crippen molar-refractivity contribution >= 4 is 5.78 Å². The fourth-order valence-electron chi connectivity index (χ4n) is 1.34. The SMILES string of the molecule is COCCCC(=O)c1cc(C)nnc1C. The van der Waals surface area contributed by atoms with E-state index in [1.54, 1.807) is 20.1 Å². The fraction of sp³-hybridized carbons (Fsp3) is 0.545. The summed E-state index contributed by atoms with van der Waals surface area (Å²) < 4.78 is 4.90. The normalized spacial score (nSPS) is 10.3. The first-order valence-corrected chi connectivity index (χ1v) is 4.98. The van der Waals surface area contributed by atoms with Crippen LogP contribution in [0.1, 0.15) is 34.6 Å². The van der Waals surface area contributed by atoms with Crippen molar-refractivity contribution in [1.82, 2.24) is 10.2 Å². The molecule has 1 rings (SSSR count). The predicted octanol–water partition coefficient (Wildman–Crippen LogP) is 1.70. The van der Waals surface area contributed by atoms with E-state index in [9.17, 15) is 4.79 Å². The van der Waals surface area contributed by atoms with Gasteiger partial charge in [-0.2, -0.15) is 10.2 Å². The molecule has 0 radical (unpaired) electrons. The quantitative estimate of drug-likeness (QED) is 0.546. The highest BCUT2D eigenvalue weighted by Gasteiger charge is 2.10. The summed E-state index contributed by atoms with van der Waals surface area (Å²) in [6.07, 6.45) is 1.25. The van der Waals surface area contributed by atoms with Crippen LogP contribution in [-0.4, -0.2) is 29.7 Å². The van der Waals surface area contributed by atoms with Crippen LogP contribution < -0.4 is 0 Å². The predicted molar refractivity (Wildman–Crippen MR) is 56.9 cm³/mol. The minimum absolute atomic E-state index is 0.113. The third kappa shape index (κ3) is 3.40. The van der Waals surface area contributed by atoms with E-state index in [0.29, 0.717) is 24.3 Å². The van der Waals surface area contributed by atoms with Gasteiger partial charge in [-0.05, 0) is 26.3 Å². The Morgan fingerprint density at radius 3 is 2.80 bits per heavy atom. The summed E-state index contributed by atoms with van der Waals surface area (Å²) >= 11 is 0. The Balaban J connectivity index is 2.68. The molecule has 82 valence electrons. The number of carbonyl (C=O) groups is 1. The second kappa shape index (κ2) is 5.56. The average Bonchev–Trinajstić information content (AvgIpc) is 2.22. The Bertz CT molecular complexity index is 350. The van der Waals surface area contributed by atoms with E-state index in [2.05, 4.69) is 10.2 Å². The zero-order valence-corrected chi connectivity index (χ0v) is 9.41. The lowest BCUT2D eigenvalue weighted by atomic mass is 10.1. The highest BCUT2D eigenvalue weighted by molar-refractivity contribution is 5.96. The topological polar surface area (TPSA) is 52.1 Å². The Hall–Kier alpha value is -1.29. The van der Waals surface area contributed by atoms with Crippen molar-refractivity contribution in [3.8, 4) is 0 Å². The van der Waals surface area contributed by atoms with Crippen molar-refractivity contribution in [3.05, 3.63) is 23.0 Å². The Morgan fingerprint density at radius 2 is 2.13 bits per heavy atom. The van der Waals surface area contributed by atoms with Gasteiger partial charge in [-0.15, -0.1) is 0 Å². The smallest absolute Gasteiger partial charge is 0.164 e. The van der Waals surface area contributed by atoms with Crippen LogP contribution in [0, 0.1) is 13.8 Å². The summed E-state index contributed by atoms with van der Waals surface area (Å²) in [5, 5.41) is 7.82. The molecular formula is C11H16N2O2. The molecule has 0 atom stereocenters. The first-order chi connectivity index (χ1) is 7.15. The van der Waals surface area contributed by atoms with Crippen molar-refractivity contribution in [1.29, 1.82) is 0 Å². The monoisotopic (exact) mass is 208 g/mol. The van der Waals surface area contributed by atoms with Crippen LogP contribution in [0.2, 0.25) is 0 Å². The van der Waals surface area contributed by atoms with Gasteiger partial charge in [0.25, 0.3) is 0 Å². The Kier molecular flexibility index (Phi) is 4.37. The summed E-state index contributed by atoms with van der Waals surface area (Å²) in [7, 11) is 1.63. The van der Waals surface area contributed by atoms with E-state index in [1.807, 2.05) is 6.92 Å². The average molecular weight is 208 g/mol. The van der Waals surface area contributed by atoms with Gasteiger partial charge in [-0.25, -0.2) is 0 Å². The summed E-state index contributed by atoms with van der Waals surface area (Å²) in [5.74, 6) is 0.113. The number of carbonyl (C=O) groups excluding carboxylic acids is 1. The van der Waals surface area contributed by atoms with Crippen LogP contribution in [-0.2, 0) is 4.74 Å². The van der Waals surface area contributed by atoms with Gasteiger partial charge in [-0.1, -0.05) is 0 Å². The highest BCUT2D eigenvalue weighted by atomic mass is 16.5. The van der Waals surface area contributed by atoms with Crippen molar-refractivity contribution in [3.63, 3.8) is 0 Å². The number of Topliss-reactive ketones (excluding diaryl/α,β-unsaturated/α-hetero) is 1. The van der Waals surface area contributed by atoms with E-state index >= 15 is 0 Å². The lowest BCUT2D eigenvalue weighted by Crippen LogP contribution is -2.06. The molecule has 0 amide bonds. The van der Waals surface area contributed by atoms with E-state index in [0.717, 1.165) is 12.1 Å². The largest absolute Gasteiger partial charge is 0.385 e. The van der Waals surface area contributed by atoms with Gasteiger partial charge < -0.3 is 4.74 Å². The van der Waals surface area contributed by atoms with E-state index in [4.69, 9.17) is 4.74 Å². The zero-order chi connectivity index (χ0) is 11.3. The summed E-state index contributed by atoms with van der Waals surface area (Å²) in [5.41, 5.74) is 2.15. The molecule has 0 saturated heterocycles. The van der Waals surface area contributed by atoms with Crippen molar-refractivity contribution < 1.29 is 9.53 Å². The lowest BCUT2D eigenvalue weighted by molar-refractivity contribution is 0.0962. The fourth-order valence-corrected chi connectivity index (χ4v) is 1.34. The minimum Gasteiger partial charge on any atom is -0.385 e. The number of nitrogens with zero attached hydrogens (tertiary/aromatic N) is 2. The van der Waals surface area contributed by atoms with Crippen LogP contribution >= 0.6 is 0 Å². The number of ketones is 1. The lowest BCUT2D eigenvalue weighted by Gasteiger charge is -2.04. The van der Waals surface area contributed by atoms with Crippen LogP contribution in [0.25, 0.3) is 0 Å². The summed E-state index contributed by atoms with van der Waals surface area (Å²) in [6, 6.07) is 1.79. The molecule has 0 spiro atoms. The molecule has 0 aliphatic rings.